The van der Waals surface area contributed by atoms with Gasteiger partial charge in [-0.05, 0) is 29.5 Å². The summed E-state index contributed by atoms with van der Waals surface area (Å²) in [5.41, 5.74) is 2.43. The third-order valence-electron chi connectivity index (χ3n) is 3.66. The van der Waals surface area contributed by atoms with Crippen LogP contribution in [0.3, 0.4) is 0 Å². The molecule has 1 fully saturated rings. The summed E-state index contributed by atoms with van der Waals surface area (Å²) in [6.07, 6.45) is 1.61. The van der Waals surface area contributed by atoms with E-state index >= 15 is 0 Å². The molecule has 3 nitrogen and oxygen atoms in total. The summed E-state index contributed by atoms with van der Waals surface area (Å²) < 4.78 is 0. The fourth-order valence-electron chi connectivity index (χ4n) is 2.48. The third kappa shape index (κ3) is 3.57. The Morgan fingerprint density at radius 1 is 1.26 bits per heavy atom. The van der Waals surface area contributed by atoms with Crippen molar-refractivity contribution in [2.75, 3.05) is 24.5 Å². The first kappa shape index (κ1) is 14.1. The van der Waals surface area contributed by atoms with Crippen LogP contribution in [-0.4, -0.2) is 25.5 Å². The molecule has 1 heterocycles. The Balaban J connectivity index is 2.24. The highest BCUT2D eigenvalue weighted by atomic mass is 16.2. The van der Waals surface area contributed by atoms with E-state index in [4.69, 9.17) is 0 Å². The van der Waals surface area contributed by atoms with Crippen molar-refractivity contribution in [1.29, 1.82) is 0 Å². The molecule has 0 atom stereocenters. The van der Waals surface area contributed by atoms with Crippen LogP contribution in [0.4, 0.5) is 5.69 Å². The number of amides is 1. The summed E-state index contributed by atoms with van der Waals surface area (Å²) in [4.78, 5) is 14.2. The lowest BCUT2D eigenvalue weighted by Crippen LogP contribution is -2.47. The molecule has 0 saturated carbocycles. The predicted octanol–water partition coefficient (Wildman–Crippen LogP) is 2.60. The van der Waals surface area contributed by atoms with Gasteiger partial charge in [0.1, 0.15) is 0 Å². The van der Waals surface area contributed by atoms with E-state index in [2.05, 4.69) is 50.4 Å². The molecule has 1 aliphatic rings. The average Bonchev–Trinajstić information content (AvgIpc) is 2.40. The van der Waals surface area contributed by atoms with E-state index in [0.29, 0.717) is 6.42 Å². The van der Waals surface area contributed by atoms with Gasteiger partial charge in [0, 0.05) is 31.7 Å². The van der Waals surface area contributed by atoms with E-state index in [-0.39, 0.29) is 11.3 Å². The number of carbonyl (C=O) groups excluding carboxylic acids is 1. The lowest BCUT2D eigenvalue weighted by molar-refractivity contribution is -0.119. The van der Waals surface area contributed by atoms with Crippen LogP contribution in [0.15, 0.2) is 24.3 Å². The SMILES string of the molecule is CCc1ccc(N2CC(C)(C)CNCCC2=O)cc1. The van der Waals surface area contributed by atoms with Gasteiger partial charge in [-0.1, -0.05) is 32.9 Å². The van der Waals surface area contributed by atoms with Crippen molar-refractivity contribution < 1.29 is 4.79 Å². The van der Waals surface area contributed by atoms with E-state index in [0.717, 1.165) is 31.7 Å². The van der Waals surface area contributed by atoms with Crippen molar-refractivity contribution in [2.45, 2.75) is 33.6 Å². The van der Waals surface area contributed by atoms with Gasteiger partial charge in [-0.2, -0.15) is 0 Å². The Bertz CT molecular complexity index is 437. The molecule has 0 bridgehead atoms. The second-order valence-electron chi connectivity index (χ2n) is 6.09. The molecule has 104 valence electrons. The van der Waals surface area contributed by atoms with Crippen molar-refractivity contribution in [3.8, 4) is 0 Å². The number of benzene rings is 1. The average molecular weight is 260 g/mol. The van der Waals surface area contributed by atoms with Gasteiger partial charge in [0.05, 0.1) is 0 Å². The molecule has 0 unspecified atom stereocenters. The number of hydrogen-bond acceptors (Lipinski definition) is 2. The standard InChI is InChI=1S/C16H24N2O/c1-4-13-5-7-14(8-6-13)18-12-16(2,3)11-17-10-9-15(18)19/h5-8,17H,4,9-12H2,1-3H3. The lowest BCUT2D eigenvalue weighted by Gasteiger charge is -2.35. The van der Waals surface area contributed by atoms with E-state index in [1.165, 1.54) is 5.56 Å². The molecule has 1 saturated heterocycles. The molecule has 1 amide bonds. The molecule has 2 rings (SSSR count). The second-order valence-corrected chi connectivity index (χ2v) is 6.09. The quantitative estimate of drug-likeness (QED) is 0.886. The Morgan fingerprint density at radius 3 is 2.58 bits per heavy atom. The van der Waals surface area contributed by atoms with E-state index in [1.54, 1.807) is 0 Å². The molecule has 1 aliphatic heterocycles. The Labute approximate surface area is 116 Å². The van der Waals surface area contributed by atoms with Crippen LogP contribution < -0.4 is 10.2 Å². The lowest BCUT2D eigenvalue weighted by atomic mass is 9.91. The third-order valence-corrected chi connectivity index (χ3v) is 3.66. The fourth-order valence-corrected chi connectivity index (χ4v) is 2.48. The fraction of sp³-hybridized carbons (Fsp3) is 0.562. The molecule has 1 aromatic rings. The highest BCUT2D eigenvalue weighted by molar-refractivity contribution is 5.93. The minimum Gasteiger partial charge on any atom is -0.316 e. The summed E-state index contributed by atoms with van der Waals surface area (Å²) in [7, 11) is 0. The van der Waals surface area contributed by atoms with Crippen molar-refractivity contribution in [1.82, 2.24) is 5.32 Å². The molecule has 0 radical (unpaired) electrons. The number of hydrogen-bond donors (Lipinski definition) is 1. The van der Waals surface area contributed by atoms with E-state index in [1.807, 2.05) is 4.90 Å². The molecule has 19 heavy (non-hydrogen) atoms. The molecule has 1 aromatic carbocycles. The smallest absolute Gasteiger partial charge is 0.228 e. The Morgan fingerprint density at radius 2 is 1.95 bits per heavy atom. The molecule has 0 spiro atoms. The van der Waals surface area contributed by atoms with Crippen LogP contribution in [0.25, 0.3) is 0 Å². The maximum absolute atomic E-state index is 12.3. The number of nitrogens with zero attached hydrogens (tertiary/aromatic N) is 1. The van der Waals surface area contributed by atoms with Crippen molar-refractivity contribution in [3.63, 3.8) is 0 Å². The van der Waals surface area contributed by atoms with Crippen molar-refractivity contribution >= 4 is 11.6 Å². The van der Waals surface area contributed by atoms with E-state index in [9.17, 15) is 4.79 Å². The molecule has 3 heteroatoms. The monoisotopic (exact) mass is 260 g/mol. The summed E-state index contributed by atoms with van der Waals surface area (Å²) >= 11 is 0. The second kappa shape index (κ2) is 5.74. The minimum atomic E-state index is 0.0967. The van der Waals surface area contributed by atoms with Gasteiger partial charge < -0.3 is 10.2 Å². The maximum atomic E-state index is 12.3. The highest BCUT2D eigenvalue weighted by Gasteiger charge is 2.27. The van der Waals surface area contributed by atoms with Gasteiger partial charge in [0.25, 0.3) is 0 Å². The van der Waals surface area contributed by atoms with Crippen LogP contribution in [0, 0.1) is 5.41 Å². The maximum Gasteiger partial charge on any atom is 0.228 e. The zero-order valence-corrected chi connectivity index (χ0v) is 12.2. The molecule has 1 N–H and O–H groups in total. The molecular weight excluding hydrogens is 236 g/mol. The van der Waals surface area contributed by atoms with E-state index < -0.39 is 0 Å². The van der Waals surface area contributed by atoms with Crippen LogP contribution in [0.2, 0.25) is 0 Å². The first-order valence-electron chi connectivity index (χ1n) is 7.12. The summed E-state index contributed by atoms with van der Waals surface area (Å²) in [6.45, 7) is 9.03. The number of carbonyl (C=O) groups is 1. The normalized spacial score (nSPS) is 19.9. The number of aryl methyl sites for hydroxylation is 1. The van der Waals surface area contributed by atoms with Crippen molar-refractivity contribution in [2.24, 2.45) is 5.41 Å². The molecule has 0 aromatic heterocycles. The van der Waals surface area contributed by atoms with Gasteiger partial charge in [-0.3, -0.25) is 4.79 Å². The Hall–Kier alpha value is -1.35. The molecule has 0 aliphatic carbocycles. The summed E-state index contributed by atoms with van der Waals surface area (Å²) in [5, 5.41) is 3.35. The Kier molecular flexibility index (Phi) is 4.25. The first-order chi connectivity index (χ1) is 9.02. The topological polar surface area (TPSA) is 32.3 Å². The predicted molar refractivity (Wildman–Crippen MR) is 79.4 cm³/mol. The van der Waals surface area contributed by atoms with Gasteiger partial charge in [0.15, 0.2) is 0 Å². The van der Waals surface area contributed by atoms with Gasteiger partial charge >= 0.3 is 0 Å². The number of rotatable bonds is 2. The number of anilines is 1. The first-order valence-corrected chi connectivity index (χ1v) is 7.12. The van der Waals surface area contributed by atoms with Crippen LogP contribution in [-0.2, 0) is 11.2 Å². The van der Waals surface area contributed by atoms with Crippen LogP contribution in [0.5, 0.6) is 0 Å². The van der Waals surface area contributed by atoms with Crippen molar-refractivity contribution in [3.05, 3.63) is 29.8 Å². The zero-order chi connectivity index (χ0) is 13.9. The van der Waals surface area contributed by atoms with Gasteiger partial charge in [-0.25, -0.2) is 0 Å². The van der Waals surface area contributed by atoms with Crippen LogP contribution >= 0.6 is 0 Å². The zero-order valence-electron chi connectivity index (χ0n) is 12.2. The number of nitrogens with one attached hydrogen (secondary N) is 1. The largest absolute Gasteiger partial charge is 0.316 e. The van der Waals surface area contributed by atoms with Gasteiger partial charge in [-0.15, -0.1) is 0 Å². The van der Waals surface area contributed by atoms with Gasteiger partial charge in [0.2, 0.25) is 5.91 Å². The summed E-state index contributed by atoms with van der Waals surface area (Å²) in [5.74, 6) is 0.213. The highest BCUT2D eigenvalue weighted by Crippen LogP contribution is 2.24. The minimum absolute atomic E-state index is 0.0967. The summed E-state index contributed by atoms with van der Waals surface area (Å²) in [6, 6.07) is 8.38. The molecular formula is C16H24N2O. The van der Waals surface area contributed by atoms with Crippen LogP contribution in [0.1, 0.15) is 32.8 Å².